The van der Waals surface area contributed by atoms with E-state index in [1.54, 1.807) is 0 Å². The molecule has 24 heavy (non-hydrogen) atoms. The lowest BCUT2D eigenvalue weighted by atomic mass is 10.1. The van der Waals surface area contributed by atoms with Crippen molar-refractivity contribution in [3.63, 3.8) is 0 Å². The van der Waals surface area contributed by atoms with Crippen LogP contribution in [-0.2, 0) is 17.7 Å². The van der Waals surface area contributed by atoms with E-state index in [0.29, 0.717) is 17.2 Å². The second-order valence-electron chi connectivity index (χ2n) is 5.48. The van der Waals surface area contributed by atoms with Crippen LogP contribution in [0.25, 0.3) is 0 Å². The molecule has 2 rings (SSSR count). The van der Waals surface area contributed by atoms with Crippen molar-refractivity contribution in [1.29, 1.82) is 0 Å². The quantitative estimate of drug-likeness (QED) is 0.617. The Kier molecular flexibility index (Phi) is 6.34. The van der Waals surface area contributed by atoms with Crippen molar-refractivity contribution in [3.05, 3.63) is 51.4 Å². The van der Waals surface area contributed by atoms with Gasteiger partial charge in [-0.1, -0.05) is 36.8 Å². The molecule has 0 saturated carbocycles. The minimum absolute atomic E-state index is 0.333. The third kappa shape index (κ3) is 4.33. The van der Waals surface area contributed by atoms with Crippen molar-refractivity contribution in [1.82, 2.24) is 5.32 Å². The maximum absolute atomic E-state index is 12.1. The van der Waals surface area contributed by atoms with E-state index in [9.17, 15) is 4.79 Å². The molecule has 1 aromatic heterocycles. The number of aryl methyl sites for hydroxylation is 2. The summed E-state index contributed by atoms with van der Waals surface area (Å²) in [5.41, 5.74) is 3.97. The van der Waals surface area contributed by atoms with Gasteiger partial charge in [0.25, 0.3) is 0 Å². The highest BCUT2D eigenvalue weighted by Crippen LogP contribution is 2.33. The lowest BCUT2D eigenvalue weighted by molar-refractivity contribution is 0.0601. The average Bonchev–Trinajstić information content (AvgIpc) is 2.88. The van der Waals surface area contributed by atoms with E-state index in [0.717, 1.165) is 27.4 Å². The smallest absolute Gasteiger partial charge is 0.341 e. The molecular weight excluding hydrogens is 340 g/mol. The van der Waals surface area contributed by atoms with Crippen molar-refractivity contribution in [2.24, 2.45) is 0 Å². The number of methoxy groups -OCH3 is 1. The molecule has 1 heterocycles. The fourth-order valence-electron chi connectivity index (χ4n) is 2.45. The van der Waals surface area contributed by atoms with Crippen molar-refractivity contribution in [2.75, 3.05) is 12.4 Å². The van der Waals surface area contributed by atoms with Crippen LogP contribution in [0.1, 0.15) is 38.8 Å². The van der Waals surface area contributed by atoms with Crippen LogP contribution in [0, 0.1) is 13.8 Å². The molecule has 0 aliphatic carbocycles. The maximum atomic E-state index is 12.1. The number of nitrogens with one attached hydrogen (secondary N) is 2. The Morgan fingerprint density at radius 2 is 1.92 bits per heavy atom. The molecule has 4 nitrogen and oxygen atoms in total. The van der Waals surface area contributed by atoms with Crippen LogP contribution in [-0.4, -0.2) is 18.2 Å². The summed E-state index contributed by atoms with van der Waals surface area (Å²) in [7, 11) is 1.40. The number of ether oxygens (including phenoxy) is 1. The highest BCUT2D eigenvalue weighted by Gasteiger charge is 2.22. The summed E-state index contributed by atoms with van der Waals surface area (Å²) in [5, 5.41) is 7.54. The number of rotatable bonds is 5. The summed E-state index contributed by atoms with van der Waals surface area (Å²) >= 11 is 6.89. The maximum Gasteiger partial charge on any atom is 0.341 e. The van der Waals surface area contributed by atoms with Crippen LogP contribution < -0.4 is 10.6 Å². The molecule has 0 radical (unpaired) electrons. The van der Waals surface area contributed by atoms with Gasteiger partial charge in [-0.05, 0) is 43.6 Å². The molecule has 0 unspecified atom stereocenters. The Balaban J connectivity index is 2.08. The Hall–Kier alpha value is -1.92. The van der Waals surface area contributed by atoms with Crippen molar-refractivity contribution in [3.8, 4) is 0 Å². The zero-order valence-corrected chi connectivity index (χ0v) is 16.0. The number of hydrogen-bond donors (Lipinski definition) is 2. The number of benzene rings is 1. The van der Waals surface area contributed by atoms with Crippen LogP contribution in [0.2, 0.25) is 0 Å². The Morgan fingerprint density at radius 1 is 1.25 bits per heavy atom. The van der Waals surface area contributed by atoms with Gasteiger partial charge < -0.3 is 15.4 Å². The molecule has 0 aliphatic rings. The molecule has 0 saturated heterocycles. The molecule has 0 spiro atoms. The normalized spacial score (nSPS) is 10.3. The summed E-state index contributed by atoms with van der Waals surface area (Å²) in [6, 6.07) is 8.27. The predicted molar refractivity (Wildman–Crippen MR) is 104 cm³/mol. The monoisotopic (exact) mass is 362 g/mol. The minimum Gasteiger partial charge on any atom is -0.465 e. The molecular formula is C18H22N2O2S2. The number of carbonyl (C=O) groups is 1. The van der Waals surface area contributed by atoms with Gasteiger partial charge in [0, 0.05) is 11.4 Å². The molecule has 0 fully saturated rings. The fraction of sp³-hybridized carbons (Fsp3) is 0.333. The number of esters is 1. The predicted octanol–water partition coefficient (Wildman–Crippen LogP) is 4.20. The second-order valence-corrected chi connectivity index (χ2v) is 7.11. The van der Waals surface area contributed by atoms with E-state index in [4.69, 9.17) is 17.0 Å². The summed E-state index contributed by atoms with van der Waals surface area (Å²) in [6.07, 6.45) is 0.776. The van der Waals surface area contributed by atoms with Crippen LogP contribution in [0.5, 0.6) is 0 Å². The number of anilines is 1. The first-order chi connectivity index (χ1) is 11.5. The Labute approximate surface area is 152 Å². The SMILES string of the molecule is CCc1c(C)sc(NC(=S)NCc2ccc(C)cc2)c1C(=O)OC. The van der Waals surface area contributed by atoms with Gasteiger partial charge in [0.1, 0.15) is 5.00 Å². The zero-order valence-electron chi connectivity index (χ0n) is 14.4. The molecule has 0 atom stereocenters. The first-order valence-corrected chi connectivity index (χ1v) is 8.99. The zero-order chi connectivity index (χ0) is 17.7. The van der Waals surface area contributed by atoms with Crippen molar-refractivity contribution in [2.45, 2.75) is 33.7 Å². The standard InChI is InChI=1S/C18H22N2O2S2/c1-5-14-12(3)24-16(15(14)17(21)22-4)20-18(23)19-10-13-8-6-11(2)7-9-13/h6-9H,5,10H2,1-4H3,(H2,19,20,23). The van der Waals surface area contributed by atoms with E-state index in [-0.39, 0.29) is 5.97 Å². The van der Waals surface area contributed by atoms with Gasteiger partial charge in [-0.25, -0.2) is 4.79 Å². The first-order valence-electron chi connectivity index (χ1n) is 7.77. The van der Waals surface area contributed by atoms with E-state index in [1.165, 1.54) is 24.0 Å². The molecule has 1 aromatic carbocycles. The number of thiocarbonyl (C=S) groups is 1. The van der Waals surface area contributed by atoms with Gasteiger partial charge >= 0.3 is 5.97 Å². The fourth-order valence-corrected chi connectivity index (χ4v) is 3.82. The molecule has 128 valence electrons. The van der Waals surface area contributed by atoms with Crippen LogP contribution in [0.4, 0.5) is 5.00 Å². The number of carbonyl (C=O) groups excluding carboxylic acids is 1. The summed E-state index contributed by atoms with van der Waals surface area (Å²) in [5.74, 6) is -0.333. The van der Waals surface area contributed by atoms with E-state index in [2.05, 4.69) is 41.8 Å². The van der Waals surface area contributed by atoms with Crippen LogP contribution in [0.15, 0.2) is 24.3 Å². The van der Waals surface area contributed by atoms with Gasteiger partial charge in [-0.3, -0.25) is 0 Å². The van der Waals surface area contributed by atoms with Gasteiger partial charge in [0.15, 0.2) is 5.11 Å². The Morgan fingerprint density at radius 3 is 2.50 bits per heavy atom. The van der Waals surface area contributed by atoms with Gasteiger partial charge in [-0.15, -0.1) is 11.3 Å². The molecule has 2 N–H and O–H groups in total. The van der Waals surface area contributed by atoms with Crippen molar-refractivity contribution < 1.29 is 9.53 Å². The molecule has 0 amide bonds. The third-order valence-electron chi connectivity index (χ3n) is 3.75. The summed E-state index contributed by atoms with van der Waals surface area (Å²) in [4.78, 5) is 13.2. The highest BCUT2D eigenvalue weighted by atomic mass is 32.1. The highest BCUT2D eigenvalue weighted by molar-refractivity contribution is 7.80. The van der Waals surface area contributed by atoms with Gasteiger partial charge in [-0.2, -0.15) is 0 Å². The topological polar surface area (TPSA) is 50.4 Å². The molecule has 0 aliphatic heterocycles. The lowest BCUT2D eigenvalue weighted by Crippen LogP contribution is -2.28. The van der Waals surface area contributed by atoms with Crippen LogP contribution in [0.3, 0.4) is 0 Å². The molecule has 0 bridgehead atoms. The van der Waals surface area contributed by atoms with E-state index >= 15 is 0 Å². The average molecular weight is 363 g/mol. The van der Waals surface area contributed by atoms with Crippen molar-refractivity contribution >= 4 is 39.6 Å². The third-order valence-corrected chi connectivity index (χ3v) is 5.06. The largest absolute Gasteiger partial charge is 0.465 e. The number of hydrogen-bond acceptors (Lipinski definition) is 4. The summed E-state index contributed by atoms with van der Waals surface area (Å²) in [6.45, 7) is 6.72. The van der Waals surface area contributed by atoms with E-state index < -0.39 is 0 Å². The lowest BCUT2D eigenvalue weighted by Gasteiger charge is -2.11. The minimum atomic E-state index is -0.333. The first kappa shape index (κ1) is 18.4. The van der Waals surface area contributed by atoms with E-state index in [1.807, 2.05) is 13.8 Å². The Bertz CT molecular complexity index is 736. The second kappa shape index (κ2) is 8.26. The molecule has 6 heteroatoms. The molecule has 2 aromatic rings. The number of thiophene rings is 1. The van der Waals surface area contributed by atoms with Gasteiger partial charge in [0.2, 0.25) is 0 Å². The van der Waals surface area contributed by atoms with Crippen LogP contribution >= 0.6 is 23.6 Å². The van der Waals surface area contributed by atoms with Gasteiger partial charge in [0.05, 0.1) is 12.7 Å². The summed E-state index contributed by atoms with van der Waals surface area (Å²) < 4.78 is 4.92.